The summed E-state index contributed by atoms with van der Waals surface area (Å²) in [6, 6.07) is 12.8. The van der Waals surface area contributed by atoms with Gasteiger partial charge in [-0.1, -0.05) is 24.3 Å². The first-order chi connectivity index (χ1) is 11.1. The Bertz CT molecular complexity index is 989. The van der Waals surface area contributed by atoms with Crippen molar-refractivity contribution in [1.82, 2.24) is 4.40 Å². The van der Waals surface area contributed by atoms with E-state index in [9.17, 15) is 14.3 Å². The topological polar surface area (TPSA) is 69.4 Å². The fourth-order valence-corrected chi connectivity index (χ4v) is 2.57. The molecule has 0 bridgehead atoms. The van der Waals surface area contributed by atoms with Crippen LogP contribution in [0.15, 0.2) is 53.5 Å². The SMILES string of the molecule is N#CCC[n+]1c(O)c(-c2ccccc2F)c(=O)n2ccccc21. The monoisotopic (exact) mass is 310 g/mol. The third-order valence-electron chi connectivity index (χ3n) is 3.62. The molecule has 0 atom stereocenters. The van der Waals surface area contributed by atoms with Crippen LogP contribution >= 0.6 is 0 Å². The van der Waals surface area contributed by atoms with E-state index in [4.69, 9.17) is 5.26 Å². The van der Waals surface area contributed by atoms with Crippen molar-refractivity contribution in [3.8, 4) is 23.1 Å². The number of rotatable bonds is 3. The highest BCUT2D eigenvalue weighted by Crippen LogP contribution is 2.25. The number of nitriles is 1. The molecule has 0 fully saturated rings. The molecular weight excluding hydrogens is 297 g/mol. The minimum atomic E-state index is -0.595. The van der Waals surface area contributed by atoms with Crippen LogP contribution in [0.25, 0.3) is 16.8 Å². The van der Waals surface area contributed by atoms with Gasteiger partial charge in [0.25, 0.3) is 11.5 Å². The fourth-order valence-electron chi connectivity index (χ4n) is 2.57. The molecule has 0 aliphatic heterocycles. The standard InChI is InChI=1S/C17H12FN3O2/c18-13-7-2-1-6-12(13)15-16(22)20-10-4-3-8-14(20)21(17(15)23)11-5-9-19/h1-4,6-8,10H,5,11H2/p+1. The van der Waals surface area contributed by atoms with Crippen LogP contribution < -0.4 is 10.1 Å². The van der Waals surface area contributed by atoms with Crippen LogP contribution in [-0.2, 0) is 6.54 Å². The maximum Gasteiger partial charge on any atom is 0.354 e. The van der Waals surface area contributed by atoms with Crippen molar-refractivity contribution in [2.45, 2.75) is 13.0 Å². The molecule has 6 heteroatoms. The van der Waals surface area contributed by atoms with E-state index >= 15 is 0 Å². The van der Waals surface area contributed by atoms with E-state index in [1.165, 1.54) is 27.2 Å². The minimum absolute atomic E-state index is 0.0268. The number of hydrogen-bond acceptors (Lipinski definition) is 3. The van der Waals surface area contributed by atoms with E-state index in [2.05, 4.69) is 0 Å². The zero-order valence-electron chi connectivity index (χ0n) is 12.1. The fraction of sp³-hybridized carbons (Fsp3) is 0.118. The van der Waals surface area contributed by atoms with Crippen LogP contribution in [0.2, 0.25) is 0 Å². The summed E-state index contributed by atoms with van der Waals surface area (Å²) in [6.45, 7) is 0.192. The van der Waals surface area contributed by atoms with E-state index in [-0.39, 0.29) is 30.0 Å². The molecule has 1 aromatic carbocycles. The van der Waals surface area contributed by atoms with Gasteiger partial charge in [-0.3, -0.25) is 0 Å². The summed E-state index contributed by atoms with van der Waals surface area (Å²) in [6.07, 6.45) is 1.70. The molecule has 0 aliphatic carbocycles. The third-order valence-corrected chi connectivity index (χ3v) is 3.62. The van der Waals surface area contributed by atoms with E-state index in [0.717, 1.165) is 0 Å². The van der Waals surface area contributed by atoms with Crippen molar-refractivity contribution in [3.05, 3.63) is 64.8 Å². The second-order valence-electron chi connectivity index (χ2n) is 4.97. The van der Waals surface area contributed by atoms with Crippen molar-refractivity contribution in [1.29, 1.82) is 5.26 Å². The predicted octanol–water partition coefficient (Wildman–Crippen LogP) is 2.01. The average molecular weight is 310 g/mol. The molecule has 0 amide bonds. The molecule has 0 saturated carbocycles. The van der Waals surface area contributed by atoms with Crippen molar-refractivity contribution in [2.24, 2.45) is 0 Å². The van der Waals surface area contributed by atoms with E-state index in [1.54, 1.807) is 30.5 Å². The van der Waals surface area contributed by atoms with Gasteiger partial charge in [-0.05, 0) is 12.1 Å². The normalized spacial score (nSPS) is 10.6. The third kappa shape index (κ3) is 2.42. The molecule has 0 spiro atoms. The second-order valence-corrected chi connectivity index (χ2v) is 4.97. The molecule has 2 heterocycles. The number of nitrogens with zero attached hydrogens (tertiary/aromatic N) is 3. The van der Waals surface area contributed by atoms with Crippen molar-refractivity contribution < 1.29 is 14.1 Å². The highest BCUT2D eigenvalue weighted by Gasteiger charge is 2.26. The van der Waals surface area contributed by atoms with Gasteiger partial charge in [0.1, 0.15) is 12.4 Å². The van der Waals surface area contributed by atoms with Crippen molar-refractivity contribution in [2.75, 3.05) is 0 Å². The lowest BCUT2D eigenvalue weighted by molar-refractivity contribution is -0.679. The molecule has 1 N–H and O–H groups in total. The molecular formula is C17H13FN3O2+. The van der Waals surface area contributed by atoms with Crippen LogP contribution in [0, 0.1) is 17.1 Å². The summed E-state index contributed by atoms with van der Waals surface area (Å²) in [5.41, 5.74) is -0.176. The second kappa shape index (κ2) is 5.89. The Morgan fingerprint density at radius 1 is 1.22 bits per heavy atom. The highest BCUT2D eigenvalue weighted by atomic mass is 19.1. The molecule has 23 heavy (non-hydrogen) atoms. The smallest absolute Gasteiger partial charge is 0.354 e. The van der Waals surface area contributed by atoms with Crippen molar-refractivity contribution >= 4 is 5.65 Å². The minimum Gasteiger partial charge on any atom is -0.477 e. The first kappa shape index (κ1) is 14.7. The first-order valence-electron chi connectivity index (χ1n) is 7.03. The number of aryl methyl sites for hydroxylation is 1. The summed E-state index contributed by atoms with van der Waals surface area (Å²) in [4.78, 5) is 12.7. The van der Waals surface area contributed by atoms with E-state index < -0.39 is 11.4 Å². The van der Waals surface area contributed by atoms with Gasteiger partial charge in [-0.25, -0.2) is 9.18 Å². The van der Waals surface area contributed by atoms with Crippen LogP contribution in [0.4, 0.5) is 4.39 Å². The maximum absolute atomic E-state index is 14.1. The predicted molar refractivity (Wildman–Crippen MR) is 81.2 cm³/mol. The van der Waals surface area contributed by atoms with Gasteiger partial charge in [-0.15, -0.1) is 0 Å². The lowest BCUT2D eigenvalue weighted by Gasteiger charge is -2.09. The number of benzene rings is 1. The largest absolute Gasteiger partial charge is 0.477 e. The first-order valence-corrected chi connectivity index (χ1v) is 7.03. The number of aromatic hydroxyl groups is 1. The molecule has 0 aliphatic rings. The number of halogens is 1. The van der Waals surface area contributed by atoms with Crippen LogP contribution in [-0.4, -0.2) is 9.51 Å². The molecule has 3 rings (SSSR count). The van der Waals surface area contributed by atoms with E-state index in [0.29, 0.717) is 5.65 Å². The average Bonchev–Trinajstić information content (AvgIpc) is 2.57. The Balaban J connectivity index is 2.42. The van der Waals surface area contributed by atoms with Crippen molar-refractivity contribution in [3.63, 3.8) is 0 Å². The van der Waals surface area contributed by atoms with Gasteiger partial charge in [0, 0.05) is 11.6 Å². The van der Waals surface area contributed by atoms with Gasteiger partial charge >= 0.3 is 5.56 Å². The number of fused-ring (bicyclic) bond motifs is 1. The zero-order chi connectivity index (χ0) is 16.4. The molecule has 0 radical (unpaired) electrons. The Hall–Kier alpha value is -3.20. The molecule has 5 nitrogen and oxygen atoms in total. The molecule has 0 saturated heterocycles. The quantitative estimate of drug-likeness (QED) is 0.752. The van der Waals surface area contributed by atoms with Crippen LogP contribution in [0.1, 0.15) is 6.42 Å². The molecule has 0 unspecified atom stereocenters. The van der Waals surface area contributed by atoms with Gasteiger partial charge in [0.15, 0.2) is 5.56 Å². The molecule has 114 valence electrons. The lowest BCUT2D eigenvalue weighted by Crippen LogP contribution is -2.40. The Labute approximate surface area is 131 Å². The lowest BCUT2D eigenvalue weighted by atomic mass is 10.1. The zero-order valence-corrected chi connectivity index (χ0v) is 12.1. The highest BCUT2D eigenvalue weighted by molar-refractivity contribution is 5.67. The summed E-state index contributed by atoms with van der Waals surface area (Å²) in [5.74, 6) is -0.941. The molecule has 3 aromatic rings. The number of hydrogen-bond donors (Lipinski definition) is 1. The van der Waals surface area contributed by atoms with Gasteiger partial charge in [0.2, 0.25) is 0 Å². The summed E-state index contributed by atoms with van der Waals surface area (Å²) >= 11 is 0. The Morgan fingerprint density at radius 2 is 1.96 bits per heavy atom. The summed E-state index contributed by atoms with van der Waals surface area (Å²) in [7, 11) is 0. The summed E-state index contributed by atoms with van der Waals surface area (Å²) in [5, 5.41) is 19.3. The number of pyridine rings is 1. The van der Waals surface area contributed by atoms with Crippen LogP contribution in [0.5, 0.6) is 5.88 Å². The summed E-state index contributed by atoms with van der Waals surface area (Å²) < 4.78 is 16.9. The van der Waals surface area contributed by atoms with Gasteiger partial charge in [-0.2, -0.15) is 14.2 Å². The van der Waals surface area contributed by atoms with Gasteiger partial charge < -0.3 is 5.11 Å². The molecule has 2 aromatic heterocycles. The van der Waals surface area contributed by atoms with E-state index in [1.807, 2.05) is 6.07 Å². The number of aromatic nitrogens is 2. The maximum atomic E-state index is 14.1. The Morgan fingerprint density at radius 3 is 2.70 bits per heavy atom. The van der Waals surface area contributed by atoms with Crippen LogP contribution in [0.3, 0.4) is 0 Å². The Kier molecular flexibility index (Phi) is 3.77. The van der Waals surface area contributed by atoms with Gasteiger partial charge in [0.05, 0.1) is 18.7 Å².